The summed E-state index contributed by atoms with van der Waals surface area (Å²) in [5.74, 6) is 2.25. The Balaban J connectivity index is 1.96. The Morgan fingerprint density at radius 3 is 2.72 bits per heavy atom. The van der Waals surface area contributed by atoms with Crippen molar-refractivity contribution >= 4 is 23.2 Å². The lowest BCUT2D eigenvalue weighted by Gasteiger charge is -2.10. The molecule has 0 aliphatic rings. The summed E-state index contributed by atoms with van der Waals surface area (Å²) in [6.45, 7) is 5.38. The first-order valence-corrected chi connectivity index (χ1v) is 8.48. The summed E-state index contributed by atoms with van der Waals surface area (Å²) in [6, 6.07) is 13.2. The van der Waals surface area contributed by atoms with Gasteiger partial charge in [0.05, 0.1) is 25.3 Å². The molecule has 0 radical (unpaired) electrons. The highest BCUT2D eigenvalue weighted by Gasteiger charge is 2.03. The smallest absolute Gasteiger partial charge is 0.193 e. The van der Waals surface area contributed by atoms with Crippen LogP contribution in [0.5, 0.6) is 11.5 Å². The van der Waals surface area contributed by atoms with E-state index in [0.717, 1.165) is 17.0 Å². The third-order valence-corrected chi connectivity index (χ3v) is 3.63. The SMILES string of the molecule is COc1ccc(NC(N)=NCc2cccc(OCC(C)C)c2)cc1Cl. The molecule has 0 bridgehead atoms. The van der Waals surface area contributed by atoms with E-state index in [1.54, 1.807) is 19.2 Å². The van der Waals surface area contributed by atoms with E-state index >= 15 is 0 Å². The fourth-order valence-corrected chi connectivity index (χ4v) is 2.36. The predicted octanol–water partition coefficient (Wildman–Crippen LogP) is 4.31. The van der Waals surface area contributed by atoms with Crippen molar-refractivity contribution in [3.05, 3.63) is 53.1 Å². The van der Waals surface area contributed by atoms with Gasteiger partial charge in [-0.1, -0.05) is 37.6 Å². The van der Waals surface area contributed by atoms with Gasteiger partial charge in [0.15, 0.2) is 5.96 Å². The highest BCUT2D eigenvalue weighted by molar-refractivity contribution is 6.32. The minimum Gasteiger partial charge on any atom is -0.495 e. The Hall–Kier alpha value is -2.40. The summed E-state index contributed by atoms with van der Waals surface area (Å²) in [7, 11) is 1.57. The standard InChI is InChI=1S/C19H24ClN3O2/c1-13(2)12-25-16-6-4-5-14(9-16)11-22-19(21)23-15-7-8-18(24-3)17(20)10-15/h4-10,13H,11-12H2,1-3H3,(H3,21,22,23). The van der Waals surface area contributed by atoms with Gasteiger partial charge in [-0.25, -0.2) is 4.99 Å². The van der Waals surface area contributed by atoms with Crippen LogP contribution < -0.4 is 20.5 Å². The molecule has 2 aromatic rings. The van der Waals surface area contributed by atoms with Crippen LogP contribution in [-0.2, 0) is 6.54 Å². The van der Waals surface area contributed by atoms with Gasteiger partial charge in [-0.05, 0) is 41.8 Å². The van der Waals surface area contributed by atoms with E-state index in [4.69, 9.17) is 26.8 Å². The van der Waals surface area contributed by atoms with Crippen LogP contribution in [0.2, 0.25) is 5.02 Å². The molecule has 2 rings (SSSR count). The second-order valence-corrected chi connectivity index (χ2v) is 6.44. The molecule has 0 unspecified atom stereocenters. The highest BCUT2D eigenvalue weighted by atomic mass is 35.5. The second-order valence-electron chi connectivity index (χ2n) is 6.03. The molecule has 0 aliphatic carbocycles. The van der Waals surface area contributed by atoms with Gasteiger partial charge in [0.25, 0.3) is 0 Å². The lowest BCUT2D eigenvalue weighted by Crippen LogP contribution is -2.22. The summed E-state index contributed by atoms with van der Waals surface area (Å²) in [4.78, 5) is 4.35. The molecule has 25 heavy (non-hydrogen) atoms. The van der Waals surface area contributed by atoms with Crippen LogP contribution in [0.25, 0.3) is 0 Å². The largest absolute Gasteiger partial charge is 0.495 e. The van der Waals surface area contributed by atoms with E-state index in [0.29, 0.717) is 35.8 Å². The molecule has 0 fully saturated rings. The molecule has 0 aromatic heterocycles. The fraction of sp³-hybridized carbons (Fsp3) is 0.316. The van der Waals surface area contributed by atoms with E-state index in [-0.39, 0.29) is 0 Å². The quantitative estimate of drug-likeness (QED) is 0.569. The van der Waals surface area contributed by atoms with Crippen molar-refractivity contribution in [1.82, 2.24) is 0 Å². The molecular weight excluding hydrogens is 338 g/mol. The Morgan fingerprint density at radius 1 is 1.24 bits per heavy atom. The number of guanidine groups is 1. The maximum atomic E-state index is 6.10. The van der Waals surface area contributed by atoms with Crippen molar-refractivity contribution < 1.29 is 9.47 Å². The minimum absolute atomic E-state index is 0.315. The van der Waals surface area contributed by atoms with Crippen LogP contribution in [0.15, 0.2) is 47.5 Å². The number of methoxy groups -OCH3 is 1. The summed E-state index contributed by atoms with van der Waals surface area (Å²) in [6.07, 6.45) is 0. The highest BCUT2D eigenvalue weighted by Crippen LogP contribution is 2.27. The number of rotatable bonds is 7. The van der Waals surface area contributed by atoms with Crippen LogP contribution in [-0.4, -0.2) is 19.7 Å². The number of nitrogens with two attached hydrogens (primary N) is 1. The molecule has 0 saturated carbocycles. The van der Waals surface area contributed by atoms with Gasteiger partial charge in [0.1, 0.15) is 11.5 Å². The average molecular weight is 362 g/mol. The van der Waals surface area contributed by atoms with Crippen molar-refractivity contribution in [2.45, 2.75) is 20.4 Å². The van der Waals surface area contributed by atoms with Gasteiger partial charge in [-0.2, -0.15) is 0 Å². The van der Waals surface area contributed by atoms with E-state index < -0.39 is 0 Å². The van der Waals surface area contributed by atoms with Crippen molar-refractivity contribution in [2.24, 2.45) is 16.6 Å². The first-order chi connectivity index (χ1) is 12.0. The zero-order chi connectivity index (χ0) is 18.2. The van der Waals surface area contributed by atoms with Gasteiger partial charge in [0, 0.05) is 5.69 Å². The molecule has 0 amide bonds. The number of anilines is 1. The van der Waals surface area contributed by atoms with E-state index in [1.807, 2.05) is 30.3 Å². The summed E-state index contributed by atoms with van der Waals surface area (Å²) in [5, 5.41) is 3.53. The molecule has 0 aliphatic heterocycles. The molecule has 6 heteroatoms. The summed E-state index contributed by atoms with van der Waals surface area (Å²) < 4.78 is 10.8. The van der Waals surface area contributed by atoms with E-state index in [2.05, 4.69) is 24.2 Å². The number of nitrogens with zero attached hydrogens (tertiary/aromatic N) is 1. The molecule has 134 valence electrons. The number of nitrogens with one attached hydrogen (secondary N) is 1. The van der Waals surface area contributed by atoms with E-state index in [1.165, 1.54) is 0 Å². The molecule has 0 spiro atoms. The third-order valence-electron chi connectivity index (χ3n) is 3.34. The number of halogens is 1. The van der Waals surface area contributed by atoms with Crippen LogP contribution in [0.3, 0.4) is 0 Å². The van der Waals surface area contributed by atoms with Crippen LogP contribution in [0.1, 0.15) is 19.4 Å². The van der Waals surface area contributed by atoms with E-state index in [9.17, 15) is 0 Å². The average Bonchev–Trinajstić information content (AvgIpc) is 2.59. The number of hydrogen-bond acceptors (Lipinski definition) is 3. The van der Waals surface area contributed by atoms with Crippen LogP contribution in [0.4, 0.5) is 5.69 Å². The maximum Gasteiger partial charge on any atom is 0.193 e. The van der Waals surface area contributed by atoms with Crippen LogP contribution in [0, 0.1) is 5.92 Å². The topological polar surface area (TPSA) is 68.9 Å². The zero-order valence-electron chi connectivity index (χ0n) is 14.8. The lowest BCUT2D eigenvalue weighted by molar-refractivity contribution is 0.271. The zero-order valence-corrected chi connectivity index (χ0v) is 15.5. The minimum atomic E-state index is 0.315. The number of ether oxygens (including phenoxy) is 2. The molecule has 0 heterocycles. The molecule has 0 saturated heterocycles. The van der Waals surface area contributed by atoms with Gasteiger partial charge in [0.2, 0.25) is 0 Å². The normalized spacial score (nSPS) is 11.5. The van der Waals surface area contributed by atoms with Crippen molar-refractivity contribution in [3.8, 4) is 11.5 Å². The van der Waals surface area contributed by atoms with Crippen molar-refractivity contribution in [2.75, 3.05) is 19.0 Å². The number of benzene rings is 2. The van der Waals surface area contributed by atoms with Crippen molar-refractivity contribution in [1.29, 1.82) is 0 Å². The van der Waals surface area contributed by atoms with Gasteiger partial charge < -0.3 is 20.5 Å². The number of hydrogen-bond donors (Lipinski definition) is 2. The molecule has 5 nitrogen and oxygen atoms in total. The molecular formula is C19H24ClN3O2. The van der Waals surface area contributed by atoms with Crippen molar-refractivity contribution in [3.63, 3.8) is 0 Å². The predicted molar refractivity (Wildman–Crippen MR) is 104 cm³/mol. The van der Waals surface area contributed by atoms with Gasteiger partial charge in [-0.15, -0.1) is 0 Å². The Morgan fingerprint density at radius 2 is 2.04 bits per heavy atom. The Bertz CT molecular complexity index is 732. The molecule has 3 N–H and O–H groups in total. The third kappa shape index (κ3) is 6.19. The molecule has 0 atom stereocenters. The molecule has 2 aromatic carbocycles. The first-order valence-electron chi connectivity index (χ1n) is 8.10. The fourth-order valence-electron chi connectivity index (χ4n) is 2.10. The Labute approximate surface area is 153 Å². The lowest BCUT2D eigenvalue weighted by atomic mass is 10.2. The second kappa shape index (κ2) is 9.18. The summed E-state index contributed by atoms with van der Waals surface area (Å²) in [5.41, 5.74) is 7.72. The Kier molecular flexibility index (Phi) is 6.95. The monoisotopic (exact) mass is 361 g/mol. The maximum absolute atomic E-state index is 6.10. The van der Waals surface area contributed by atoms with Crippen LogP contribution >= 0.6 is 11.6 Å². The first kappa shape index (κ1) is 18.9. The summed E-state index contributed by atoms with van der Waals surface area (Å²) >= 11 is 6.10. The number of aliphatic imine (C=N–C) groups is 1. The van der Waals surface area contributed by atoms with Gasteiger partial charge in [-0.3, -0.25) is 0 Å². The van der Waals surface area contributed by atoms with Gasteiger partial charge >= 0.3 is 0 Å².